The lowest BCUT2D eigenvalue weighted by molar-refractivity contribution is 0.275. The van der Waals surface area contributed by atoms with Crippen LogP contribution in [-0.4, -0.2) is 24.7 Å². The summed E-state index contributed by atoms with van der Waals surface area (Å²) in [5.74, 6) is 0. The van der Waals surface area contributed by atoms with E-state index in [2.05, 4.69) is 15.1 Å². The zero-order valence-corrected chi connectivity index (χ0v) is 12.4. The van der Waals surface area contributed by atoms with Gasteiger partial charge in [-0.25, -0.2) is 9.50 Å². The van der Waals surface area contributed by atoms with E-state index >= 15 is 0 Å². The van der Waals surface area contributed by atoms with E-state index in [1.807, 2.05) is 29.6 Å². The van der Waals surface area contributed by atoms with E-state index in [4.69, 9.17) is 0 Å². The first-order valence-corrected chi connectivity index (χ1v) is 8.00. The molecule has 0 spiro atoms. The van der Waals surface area contributed by atoms with Crippen molar-refractivity contribution in [2.45, 2.75) is 6.61 Å². The quantitative estimate of drug-likeness (QED) is 0.631. The third kappa shape index (κ3) is 2.06. The van der Waals surface area contributed by atoms with E-state index < -0.39 is 0 Å². The monoisotopic (exact) mass is 314 g/mol. The largest absolute Gasteiger partial charge is 0.390 e. The molecule has 0 aliphatic carbocycles. The Morgan fingerprint density at radius 3 is 2.76 bits per heavy atom. The Morgan fingerprint density at radius 2 is 2.05 bits per heavy atom. The number of pyridine rings is 1. The Labute approximate surface area is 128 Å². The maximum Gasteiger partial charge on any atom is 0.213 e. The first-order valence-electron chi connectivity index (χ1n) is 6.30. The minimum Gasteiger partial charge on any atom is -0.390 e. The van der Waals surface area contributed by atoms with Crippen LogP contribution in [0.5, 0.6) is 0 Å². The molecule has 104 valence electrons. The van der Waals surface area contributed by atoms with Gasteiger partial charge in [0.05, 0.1) is 22.9 Å². The van der Waals surface area contributed by atoms with Gasteiger partial charge in [0.2, 0.25) is 4.96 Å². The van der Waals surface area contributed by atoms with Gasteiger partial charge in [-0.2, -0.15) is 5.10 Å². The van der Waals surface area contributed by atoms with Crippen LogP contribution in [0.3, 0.4) is 0 Å². The zero-order valence-electron chi connectivity index (χ0n) is 10.8. The summed E-state index contributed by atoms with van der Waals surface area (Å²) in [6, 6.07) is 7.79. The van der Waals surface area contributed by atoms with Crippen LogP contribution in [-0.2, 0) is 6.61 Å². The van der Waals surface area contributed by atoms with Crippen molar-refractivity contribution >= 4 is 27.6 Å². The van der Waals surface area contributed by atoms with Gasteiger partial charge in [0, 0.05) is 18.0 Å². The van der Waals surface area contributed by atoms with Crippen LogP contribution in [0.2, 0.25) is 0 Å². The Balaban J connectivity index is 1.90. The lowest BCUT2D eigenvalue weighted by Crippen LogP contribution is -1.95. The fraction of sp³-hybridized carbons (Fsp3) is 0.0714. The maximum atomic E-state index is 9.70. The molecule has 0 aromatic carbocycles. The fourth-order valence-electron chi connectivity index (χ4n) is 2.17. The molecule has 0 unspecified atom stereocenters. The van der Waals surface area contributed by atoms with Crippen LogP contribution in [0.25, 0.3) is 26.1 Å². The van der Waals surface area contributed by atoms with E-state index in [-0.39, 0.29) is 6.61 Å². The molecule has 21 heavy (non-hydrogen) atoms. The highest BCUT2D eigenvalue weighted by Gasteiger charge is 2.18. The molecule has 0 bridgehead atoms. The van der Waals surface area contributed by atoms with Crippen LogP contribution in [0.4, 0.5) is 0 Å². The maximum absolute atomic E-state index is 9.70. The second kappa shape index (κ2) is 5.03. The first-order chi connectivity index (χ1) is 10.4. The lowest BCUT2D eigenvalue weighted by Gasteiger charge is -1.99. The number of imidazole rings is 1. The second-order valence-electron chi connectivity index (χ2n) is 4.38. The molecule has 4 aromatic rings. The summed E-state index contributed by atoms with van der Waals surface area (Å²) >= 11 is 3.17. The Bertz CT molecular complexity index is 881. The van der Waals surface area contributed by atoms with Crippen LogP contribution >= 0.6 is 22.7 Å². The number of fused-ring (bicyclic) bond motifs is 1. The predicted octanol–water partition coefficient (Wildman–Crippen LogP) is 3.07. The van der Waals surface area contributed by atoms with Gasteiger partial charge < -0.3 is 5.11 Å². The summed E-state index contributed by atoms with van der Waals surface area (Å²) < 4.78 is 1.73. The fourth-order valence-corrected chi connectivity index (χ4v) is 3.88. The topological polar surface area (TPSA) is 63.3 Å². The average Bonchev–Trinajstić information content (AvgIpc) is 3.22. The van der Waals surface area contributed by atoms with Crippen molar-refractivity contribution in [3.05, 3.63) is 47.7 Å². The van der Waals surface area contributed by atoms with E-state index in [1.165, 1.54) is 11.3 Å². The first kappa shape index (κ1) is 12.6. The van der Waals surface area contributed by atoms with Gasteiger partial charge in [0.1, 0.15) is 0 Å². The second-order valence-corrected chi connectivity index (χ2v) is 6.28. The van der Waals surface area contributed by atoms with Crippen molar-refractivity contribution in [2.75, 3.05) is 0 Å². The number of nitrogens with zero attached hydrogens (tertiary/aromatic N) is 4. The minimum absolute atomic E-state index is 0.105. The third-order valence-electron chi connectivity index (χ3n) is 3.13. The van der Waals surface area contributed by atoms with Crippen molar-refractivity contribution in [1.29, 1.82) is 0 Å². The minimum atomic E-state index is -0.105. The smallest absolute Gasteiger partial charge is 0.213 e. The molecular weight excluding hydrogens is 304 g/mol. The molecule has 0 radical (unpaired) electrons. The average molecular weight is 314 g/mol. The van der Waals surface area contributed by atoms with Crippen molar-refractivity contribution in [3.8, 4) is 21.1 Å². The molecule has 0 atom stereocenters. The van der Waals surface area contributed by atoms with Crippen molar-refractivity contribution < 1.29 is 5.11 Å². The summed E-state index contributed by atoms with van der Waals surface area (Å²) in [6.45, 7) is -0.105. The molecule has 4 rings (SSSR count). The number of hydrogen-bond donors (Lipinski definition) is 1. The van der Waals surface area contributed by atoms with Crippen molar-refractivity contribution in [3.63, 3.8) is 0 Å². The number of aliphatic hydroxyl groups excluding tert-OH is 1. The SMILES string of the molecule is OCc1c(-c2ccncc2)nc2sc(-c3cccs3)nn12. The summed E-state index contributed by atoms with van der Waals surface area (Å²) in [7, 11) is 0. The number of thiophene rings is 1. The number of hydrogen-bond acceptors (Lipinski definition) is 6. The summed E-state index contributed by atoms with van der Waals surface area (Å²) in [4.78, 5) is 10.5. The Kier molecular flexibility index (Phi) is 3.03. The van der Waals surface area contributed by atoms with E-state index in [0.29, 0.717) is 5.69 Å². The molecule has 0 fully saturated rings. The highest BCUT2D eigenvalue weighted by molar-refractivity contribution is 7.23. The van der Waals surface area contributed by atoms with Crippen molar-refractivity contribution in [2.24, 2.45) is 0 Å². The number of aliphatic hydroxyl groups is 1. The van der Waals surface area contributed by atoms with E-state index in [9.17, 15) is 5.11 Å². The van der Waals surface area contributed by atoms with Gasteiger partial charge in [0.15, 0.2) is 5.01 Å². The Morgan fingerprint density at radius 1 is 1.19 bits per heavy atom. The molecule has 4 aromatic heterocycles. The standard InChI is InChI=1S/C14H10N4OS2/c19-8-10-12(9-3-5-15-6-4-9)16-14-18(10)17-13(21-14)11-2-1-7-20-11/h1-7,19H,8H2. The van der Waals surface area contributed by atoms with Gasteiger partial charge >= 0.3 is 0 Å². The highest BCUT2D eigenvalue weighted by Crippen LogP contribution is 2.32. The molecule has 1 N–H and O–H groups in total. The summed E-state index contributed by atoms with van der Waals surface area (Å²) in [6.07, 6.45) is 3.43. The molecule has 4 heterocycles. The van der Waals surface area contributed by atoms with Gasteiger partial charge in [0.25, 0.3) is 0 Å². The lowest BCUT2D eigenvalue weighted by atomic mass is 10.1. The molecule has 0 aliphatic heterocycles. The van der Waals surface area contributed by atoms with Crippen LogP contribution in [0, 0.1) is 0 Å². The van der Waals surface area contributed by atoms with E-state index in [1.54, 1.807) is 28.2 Å². The van der Waals surface area contributed by atoms with Crippen LogP contribution in [0.15, 0.2) is 42.0 Å². The summed E-state index contributed by atoms with van der Waals surface area (Å²) in [5, 5.41) is 17.2. The summed E-state index contributed by atoms with van der Waals surface area (Å²) in [5.41, 5.74) is 2.40. The van der Waals surface area contributed by atoms with Gasteiger partial charge in [-0.05, 0) is 23.6 Å². The normalized spacial score (nSPS) is 11.3. The van der Waals surface area contributed by atoms with Gasteiger partial charge in [-0.3, -0.25) is 4.98 Å². The molecular formula is C14H10N4OS2. The molecule has 7 heteroatoms. The molecule has 0 saturated carbocycles. The highest BCUT2D eigenvalue weighted by atomic mass is 32.1. The van der Waals surface area contributed by atoms with Gasteiger partial charge in [-0.15, -0.1) is 11.3 Å². The van der Waals surface area contributed by atoms with Crippen molar-refractivity contribution in [1.82, 2.24) is 19.6 Å². The van der Waals surface area contributed by atoms with E-state index in [0.717, 1.165) is 26.1 Å². The third-order valence-corrected chi connectivity index (χ3v) is 5.08. The van der Waals surface area contributed by atoms with Gasteiger partial charge in [-0.1, -0.05) is 17.4 Å². The predicted molar refractivity (Wildman–Crippen MR) is 83.3 cm³/mol. The van der Waals surface area contributed by atoms with Crippen LogP contribution in [0.1, 0.15) is 5.69 Å². The molecule has 0 amide bonds. The zero-order chi connectivity index (χ0) is 14.2. The number of aromatic nitrogens is 4. The molecule has 0 aliphatic rings. The Hall–Kier alpha value is -2.09. The molecule has 0 saturated heterocycles. The van der Waals surface area contributed by atoms with Crippen LogP contribution < -0.4 is 0 Å². The number of rotatable bonds is 3. The molecule has 5 nitrogen and oxygen atoms in total.